The zero-order valence-electron chi connectivity index (χ0n) is 24.9. The maximum atomic E-state index is 9.55. The van der Waals surface area contributed by atoms with Gasteiger partial charge >= 0.3 is 23.9 Å². The minimum absolute atomic E-state index is 0.558. The van der Waals surface area contributed by atoms with Gasteiger partial charge in [0, 0.05) is 30.8 Å². The molecule has 4 N–H and O–H groups in total. The molecule has 0 amide bonds. The van der Waals surface area contributed by atoms with Crippen molar-refractivity contribution in [1.82, 2.24) is 9.80 Å². The molecule has 1 aliphatic carbocycles. The second kappa shape index (κ2) is 20.2. The van der Waals surface area contributed by atoms with E-state index in [0.29, 0.717) is 35.1 Å². The summed E-state index contributed by atoms with van der Waals surface area (Å²) in [6, 6.07) is 0. The molecule has 10 heteroatoms. The molecule has 0 aromatic heterocycles. The van der Waals surface area contributed by atoms with Crippen molar-refractivity contribution in [3.63, 3.8) is 0 Å². The van der Waals surface area contributed by atoms with E-state index >= 15 is 0 Å². The molecule has 0 aromatic carbocycles. The molecule has 40 heavy (non-hydrogen) atoms. The first kappa shape index (κ1) is 37.3. The van der Waals surface area contributed by atoms with E-state index in [2.05, 4.69) is 37.5 Å². The summed E-state index contributed by atoms with van der Waals surface area (Å²) in [5.74, 6) is -5.03. The van der Waals surface area contributed by atoms with E-state index in [-0.39, 0.29) is 0 Å². The predicted molar refractivity (Wildman–Crippen MR) is 155 cm³/mol. The molecule has 0 aromatic rings. The second-order valence-corrected chi connectivity index (χ2v) is 10.9. The van der Waals surface area contributed by atoms with Crippen molar-refractivity contribution in [2.45, 2.75) is 91.9 Å². The first-order valence-electron chi connectivity index (χ1n) is 14.6. The fraction of sp³-hybridized carbons (Fsp3) is 0.733. The molecular weight excluding hydrogens is 516 g/mol. The van der Waals surface area contributed by atoms with E-state index in [1.54, 1.807) is 0 Å². The van der Waals surface area contributed by atoms with Gasteiger partial charge in [-0.1, -0.05) is 40.5 Å². The molecule has 2 rings (SSSR count). The number of carboxylic acid groups (broad SMARTS) is 4. The van der Waals surface area contributed by atoms with Gasteiger partial charge in [-0.05, 0) is 94.9 Å². The van der Waals surface area contributed by atoms with Gasteiger partial charge in [0.25, 0.3) is 0 Å². The van der Waals surface area contributed by atoms with Gasteiger partial charge in [0.05, 0.1) is 0 Å². The minimum Gasteiger partial charge on any atom is -0.478 e. The van der Waals surface area contributed by atoms with Crippen LogP contribution < -0.4 is 0 Å². The molecule has 1 aliphatic heterocycles. The maximum Gasteiger partial charge on any atom is 0.328 e. The fourth-order valence-electron chi connectivity index (χ4n) is 5.97. The summed E-state index contributed by atoms with van der Waals surface area (Å²) in [6.07, 6.45) is 16.8. The molecule has 1 saturated carbocycles. The van der Waals surface area contributed by atoms with Crippen LogP contribution in [0.1, 0.15) is 91.9 Å². The lowest BCUT2D eigenvalue weighted by atomic mass is 9.60. The molecule has 10 nitrogen and oxygen atoms in total. The van der Waals surface area contributed by atoms with Crippen molar-refractivity contribution in [3.05, 3.63) is 24.3 Å². The van der Waals surface area contributed by atoms with Gasteiger partial charge in [-0.15, -0.1) is 0 Å². The molecule has 0 atom stereocenters. The Labute approximate surface area is 239 Å². The highest BCUT2D eigenvalue weighted by Gasteiger charge is 2.44. The van der Waals surface area contributed by atoms with Crippen LogP contribution in [0, 0.1) is 10.8 Å². The number of hydrogen-bond acceptors (Lipinski definition) is 6. The summed E-state index contributed by atoms with van der Waals surface area (Å²) >= 11 is 0. The number of hydrogen-bond donors (Lipinski definition) is 4. The Bertz CT molecular complexity index is 754. The summed E-state index contributed by atoms with van der Waals surface area (Å²) < 4.78 is 0. The Kier molecular flexibility index (Phi) is 18.8. The Hall–Kier alpha value is -2.72. The Morgan fingerprint density at radius 1 is 0.700 bits per heavy atom. The van der Waals surface area contributed by atoms with Gasteiger partial charge in [0.2, 0.25) is 0 Å². The van der Waals surface area contributed by atoms with Crippen LogP contribution in [-0.2, 0) is 19.2 Å². The van der Waals surface area contributed by atoms with Crippen LogP contribution in [0.3, 0.4) is 0 Å². The van der Waals surface area contributed by atoms with E-state index < -0.39 is 23.9 Å². The zero-order valence-corrected chi connectivity index (χ0v) is 24.9. The zero-order chi connectivity index (χ0) is 30.6. The van der Waals surface area contributed by atoms with E-state index in [1.165, 1.54) is 103 Å². The molecule has 1 heterocycles. The highest BCUT2D eigenvalue weighted by Crippen LogP contribution is 2.53. The minimum atomic E-state index is -1.26. The lowest BCUT2D eigenvalue weighted by Gasteiger charge is -2.45. The van der Waals surface area contributed by atoms with Crippen molar-refractivity contribution >= 4 is 23.9 Å². The van der Waals surface area contributed by atoms with Crippen LogP contribution in [-0.4, -0.2) is 93.4 Å². The summed E-state index contributed by atoms with van der Waals surface area (Å²) in [4.78, 5) is 43.6. The van der Waals surface area contributed by atoms with Gasteiger partial charge in [-0.3, -0.25) is 0 Å². The van der Waals surface area contributed by atoms with Gasteiger partial charge in [0.1, 0.15) is 0 Å². The van der Waals surface area contributed by atoms with E-state index in [9.17, 15) is 19.2 Å². The molecule has 1 saturated heterocycles. The van der Waals surface area contributed by atoms with Crippen LogP contribution in [0.2, 0.25) is 0 Å². The molecule has 2 fully saturated rings. The highest BCUT2D eigenvalue weighted by atomic mass is 16.4. The van der Waals surface area contributed by atoms with Crippen LogP contribution in [0.4, 0.5) is 0 Å². The predicted octanol–water partition coefficient (Wildman–Crippen LogP) is 4.99. The number of carbonyl (C=O) groups is 4. The third-order valence-electron chi connectivity index (χ3n) is 8.03. The van der Waals surface area contributed by atoms with Gasteiger partial charge in [0.15, 0.2) is 0 Å². The number of rotatable bonds is 14. The molecule has 0 bridgehead atoms. The van der Waals surface area contributed by atoms with E-state index in [4.69, 9.17) is 20.4 Å². The molecule has 1 spiro atoms. The van der Waals surface area contributed by atoms with Crippen molar-refractivity contribution in [3.8, 4) is 0 Å². The largest absolute Gasteiger partial charge is 0.478 e. The van der Waals surface area contributed by atoms with Crippen LogP contribution in [0.15, 0.2) is 24.3 Å². The standard InChI is InChI=1S/C22H44N2.2C4H4O4/c1-5-10-21(11-6-2)12-14-22(15-13-21)16-19-24(20-22)18-9-17-23(7-3)8-4;2*5-3(6)1-2-4(7)8/h5-20H2,1-4H3;2*1-2H,(H,5,6)(H,7,8). The van der Waals surface area contributed by atoms with Gasteiger partial charge in [-0.2, -0.15) is 0 Å². The van der Waals surface area contributed by atoms with Crippen molar-refractivity contribution in [2.75, 3.05) is 39.3 Å². The lowest BCUT2D eigenvalue weighted by Crippen LogP contribution is -2.37. The number of nitrogens with zero attached hydrogens (tertiary/aromatic N) is 2. The molecular formula is C30H52N2O8. The Morgan fingerprint density at radius 3 is 1.48 bits per heavy atom. The summed E-state index contributed by atoms with van der Waals surface area (Å²) in [5, 5.41) is 31.2. The Morgan fingerprint density at radius 2 is 1.12 bits per heavy atom. The summed E-state index contributed by atoms with van der Waals surface area (Å²) in [6.45, 7) is 17.1. The average molecular weight is 569 g/mol. The maximum absolute atomic E-state index is 9.55. The second-order valence-electron chi connectivity index (χ2n) is 10.9. The van der Waals surface area contributed by atoms with E-state index in [1.807, 2.05) is 0 Å². The van der Waals surface area contributed by atoms with Crippen LogP contribution >= 0.6 is 0 Å². The third kappa shape index (κ3) is 16.4. The van der Waals surface area contributed by atoms with Gasteiger partial charge in [-0.25, -0.2) is 19.2 Å². The van der Waals surface area contributed by atoms with E-state index in [0.717, 1.165) is 0 Å². The first-order chi connectivity index (χ1) is 18.9. The highest BCUT2D eigenvalue weighted by molar-refractivity contribution is 5.90. The normalized spacial score (nSPS) is 17.8. The number of aliphatic carboxylic acids is 4. The first-order valence-corrected chi connectivity index (χ1v) is 14.6. The molecule has 0 unspecified atom stereocenters. The number of likely N-dealkylation sites (tertiary alicyclic amines) is 1. The Balaban J connectivity index is 0.000000780. The van der Waals surface area contributed by atoms with Crippen molar-refractivity contribution in [2.24, 2.45) is 10.8 Å². The fourth-order valence-corrected chi connectivity index (χ4v) is 5.97. The van der Waals surface area contributed by atoms with Crippen molar-refractivity contribution in [1.29, 1.82) is 0 Å². The smallest absolute Gasteiger partial charge is 0.328 e. The SMILES string of the molecule is CCCC1(CCC)CCC2(CCN(CCCN(CC)CC)C2)CC1.O=C(O)C=CC(=O)O.O=C(O)C=CC(=O)O. The molecule has 2 aliphatic rings. The summed E-state index contributed by atoms with van der Waals surface area (Å²) in [5.41, 5.74) is 1.41. The van der Waals surface area contributed by atoms with Crippen LogP contribution in [0.5, 0.6) is 0 Å². The molecule has 230 valence electrons. The summed E-state index contributed by atoms with van der Waals surface area (Å²) in [7, 11) is 0. The monoisotopic (exact) mass is 568 g/mol. The van der Waals surface area contributed by atoms with Gasteiger partial charge < -0.3 is 30.2 Å². The average Bonchev–Trinajstić information content (AvgIpc) is 3.30. The quantitative estimate of drug-likeness (QED) is 0.210. The topological polar surface area (TPSA) is 156 Å². The van der Waals surface area contributed by atoms with Crippen LogP contribution in [0.25, 0.3) is 0 Å². The lowest BCUT2D eigenvalue weighted by molar-refractivity contribution is -0.134. The molecule has 0 radical (unpaired) electrons. The third-order valence-corrected chi connectivity index (χ3v) is 8.03. The van der Waals surface area contributed by atoms with Crippen molar-refractivity contribution < 1.29 is 39.6 Å². The number of carboxylic acids is 4.